The molecule has 4 heterocycles. The summed E-state index contributed by atoms with van der Waals surface area (Å²) in [4.78, 5) is 18.8. The van der Waals surface area contributed by atoms with Gasteiger partial charge in [-0.3, -0.25) is 4.90 Å². The molecule has 2 aromatic heterocycles. The van der Waals surface area contributed by atoms with E-state index >= 15 is 0 Å². The zero-order valence-electron chi connectivity index (χ0n) is 13.8. The van der Waals surface area contributed by atoms with Crippen LogP contribution in [0.15, 0.2) is 11.4 Å². The molecule has 122 valence electrons. The molecular formula is C17H23N5S. The average molecular weight is 329 g/mol. The lowest BCUT2D eigenvalue weighted by Gasteiger charge is -2.40. The van der Waals surface area contributed by atoms with E-state index in [0.29, 0.717) is 6.04 Å². The number of hydrogen-bond acceptors (Lipinski definition) is 6. The van der Waals surface area contributed by atoms with Crippen LogP contribution in [0.4, 0.5) is 5.82 Å². The van der Waals surface area contributed by atoms with Crippen LogP contribution in [0.25, 0.3) is 0 Å². The maximum Gasteiger partial charge on any atom is 0.132 e. The molecule has 0 aromatic carbocycles. The Kier molecular flexibility index (Phi) is 4.03. The SMILES string of the molecule is Cc1nc(C2CCN2Cc2csc(C)n2)cc(N2CCCC2)n1. The molecule has 6 heteroatoms. The van der Waals surface area contributed by atoms with Gasteiger partial charge in [-0.2, -0.15) is 0 Å². The summed E-state index contributed by atoms with van der Waals surface area (Å²) in [5.74, 6) is 2.00. The van der Waals surface area contributed by atoms with Crippen molar-refractivity contribution in [2.45, 2.75) is 45.7 Å². The quantitative estimate of drug-likeness (QED) is 0.862. The molecule has 0 aliphatic carbocycles. The first-order chi connectivity index (χ1) is 11.2. The van der Waals surface area contributed by atoms with E-state index < -0.39 is 0 Å². The van der Waals surface area contributed by atoms with Crippen molar-refractivity contribution in [3.05, 3.63) is 33.7 Å². The summed E-state index contributed by atoms with van der Waals surface area (Å²) >= 11 is 1.73. The van der Waals surface area contributed by atoms with Crippen molar-refractivity contribution < 1.29 is 0 Å². The van der Waals surface area contributed by atoms with E-state index in [9.17, 15) is 0 Å². The molecule has 1 atom stereocenters. The van der Waals surface area contributed by atoms with Gasteiger partial charge in [0.1, 0.15) is 11.6 Å². The standard InChI is InChI=1S/C17H23N5S/c1-12-18-15(9-17(19-12)21-6-3-4-7-21)16-5-8-22(16)10-14-11-23-13(2)20-14/h9,11,16H,3-8,10H2,1-2H3. The van der Waals surface area contributed by atoms with Crippen LogP contribution in [0.5, 0.6) is 0 Å². The predicted octanol–water partition coefficient (Wildman–Crippen LogP) is 3.10. The minimum absolute atomic E-state index is 0.417. The first-order valence-electron chi connectivity index (χ1n) is 8.44. The first-order valence-corrected chi connectivity index (χ1v) is 9.32. The van der Waals surface area contributed by atoms with Gasteiger partial charge in [0, 0.05) is 37.6 Å². The van der Waals surface area contributed by atoms with Crippen molar-refractivity contribution in [2.75, 3.05) is 24.5 Å². The summed E-state index contributed by atoms with van der Waals surface area (Å²) in [5.41, 5.74) is 2.36. The minimum Gasteiger partial charge on any atom is -0.357 e. The number of aryl methyl sites for hydroxylation is 2. The van der Waals surface area contributed by atoms with Crippen LogP contribution in [-0.4, -0.2) is 39.5 Å². The van der Waals surface area contributed by atoms with Crippen molar-refractivity contribution in [1.29, 1.82) is 0 Å². The van der Waals surface area contributed by atoms with Crippen LogP contribution in [-0.2, 0) is 6.54 Å². The highest BCUT2D eigenvalue weighted by molar-refractivity contribution is 7.09. The summed E-state index contributed by atoms with van der Waals surface area (Å²) in [6, 6.07) is 2.63. The molecule has 0 radical (unpaired) electrons. The van der Waals surface area contributed by atoms with Crippen LogP contribution in [0.1, 0.15) is 47.5 Å². The van der Waals surface area contributed by atoms with Gasteiger partial charge in [0.15, 0.2) is 0 Å². The number of likely N-dealkylation sites (tertiary alicyclic amines) is 1. The van der Waals surface area contributed by atoms with Crippen molar-refractivity contribution in [3.63, 3.8) is 0 Å². The van der Waals surface area contributed by atoms with E-state index in [1.807, 2.05) is 6.92 Å². The third-order valence-corrected chi connectivity index (χ3v) is 5.60. The molecular weight excluding hydrogens is 306 g/mol. The van der Waals surface area contributed by atoms with Gasteiger partial charge in [0.25, 0.3) is 0 Å². The molecule has 2 aliphatic heterocycles. The lowest BCUT2D eigenvalue weighted by atomic mass is 9.99. The Labute approximate surface area is 141 Å². The summed E-state index contributed by atoms with van der Waals surface area (Å²) in [6.45, 7) is 8.39. The molecule has 0 N–H and O–H groups in total. The highest BCUT2D eigenvalue weighted by atomic mass is 32.1. The lowest BCUT2D eigenvalue weighted by Crippen LogP contribution is -2.41. The van der Waals surface area contributed by atoms with Crippen molar-refractivity contribution in [3.8, 4) is 0 Å². The van der Waals surface area contributed by atoms with E-state index in [4.69, 9.17) is 4.98 Å². The normalized spacial score (nSPS) is 21.7. The van der Waals surface area contributed by atoms with Gasteiger partial charge in [0.2, 0.25) is 0 Å². The second-order valence-corrected chi connectivity index (χ2v) is 7.59. The van der Waals surface area contributed by atoms with Crippen molar-refractivity contribution >= 4 is 17.2 Å². The highest BCUT2D eigenvalue weighted by Crippen LogP contribution is 2.35. The third kappa shape index (κ3) is 3.10. The molecule has 0 saturated carbocycles. The second-order valence-electron chi connectivity index (χ2n) is 6.53. The summed E-state index contributed by atoms with van der Waals surface area (Å²) < 4.78 is 0. The Morgan fingerprint density at radius 1 is 1.13 bits per heavy atom. The van der Waals surface area contributed by atoms with Crippen molar-refractivity contribution in [2.24, 2.45) is 0 Å². The van der Waals surface area contributed by atoms with E-state index in [2.05, 4.69) is 38.1 Å². The van der Waals surface area contributed by atoms with Gasteiger partial charge in [-0.25, -0.2) is 15.0 Å². The van der Waals surface area contributed by atoms with E-state index in [-0.39, 0.29) is 0 Å². The smallest absolute Gasteiger partial charge is 0.132 e. The van der Waals surface area contributed by atoms with Crippen LogP contribution in [0.2, 0.25) is 0 Å². The minimum atomic E-state index is 0.417. The summed E-state index contributed by atoms with van der Waals surface area (Å²) in [6.07, 6.45) is 3.73. The average Bonchev–Trinajstić information content (AvgIpc) is 3.14. The summed E-state index contributed by atoms with van der Waals surface area (Å²) in [7, 11) is 0. The van der Waals surface area contributed by atoms with Crippen LogP contribution < -0.4 is 4.90 Å². The van der Waals surface area contributed by atoms with Crippen LogP contribution in [0, 0.1) is 13.8 Å². The second kappa shape index (κ2) is 6.17. The molecule has 23 heavy (non-hydrogen) atoms. The Hall–Kier alpha value is -1.53. The van der Waals surface area contributed by atoms with Gasteiger partial charge >= 0.3 is 0 Å². The fourth-order valence-electron chi connectivity index (χ4n) is 3.51. The van der Waals surface area contributed by atoms with Crippen LogP contribution in [0.3, 0.4) is 0 Å². The molecule has 0 bridgehead atoms. The molecule has 2 saturated heterocycles. The molecule has 4 rings (SSSR count). The van der Waals surface area contributed by atoms with Gasteiger partial charge in [0.05, 0.1) is 22.4 Å². The van der Waals surface area contributed by atoms with Gasteiger partial charge in [-0.1, -0.05) is 0 Å². The first kappa shape index (κ1) is 15.0. The highest BCUT2D eigenvalue weighted by Gasteiger charge is 2.32. The fraction of sp³-hybridized carbons (Fsp3) is 0.588. The zero-order chi connectivity index (χ0) is 15.8. The molecule has 2 aliphatic rings. The number of rotatable bonds is 4. The number of hydrogen-bond donors (Lipinski definition) is 0. The number of nitrogens with zero attached hydrogens (tertiary/aromatic N) is 5. The van der Waals surface area contributed by atoms with Crippen molar-refractivity contribution in [1.82, 2.24) is 19.9 Å². The van der Waals surface area contributed by atoms with E-state index in [0.717, 1.165) is 42.8 Å². The Morgan fingerprint density at radius 2 is 1.96 bits per heavy atom. The molecule has 5 nitrogen and oxygen atoms in total. The molecule has 0 amide bonds. The number of thiazole rings is 1. The van der Waals surface area contributed by atoms with Gasteiger partial charge in [-0.05, 0) is 33.1 Å². The Morgan fingerprint density at radius 3 is 2.61 bits per heavy atom. The topological polar surface area (TPSA) is 45.2 Å². The lowest BCUT2D eigenvalue weighted by molar-refractivity contribution is 0.0772. The van der Waals surface area contributed by atoms with Gasteiger partial charge in [-0.15, -0.1) is 11.3 Å². The zero-order valence-corrected chi connectivity index (χ0v) is 14.6. The Bertz CT molecular complexity index is 692. The van der Waals surface area contributed by atoms with E-state index in [1.54, 1.807) is 11.3 Å². The van der Waals surface area contributed by atoms with E-state index in [1.165, 1.54) is 30.7 Å². The molecule has 0 spiro atoms. The largest absolute Gasteiger partial charge is 0.357 e. The third-order valence-electron chi connectivity index (χ3n) is 4.78. The summed E-state index contributed by atoms with van der Waals surface area (Å²) in [5, 5.41) is 3.32. The van der Waals surface area contributed by atoms with Gasteiger partial charge < -0.3 is 4.90 Å². The fourth-order valence-corrected chi connectivity index (χ4v) is 4.11. The number of aromatic nitrogens is 3. The molecule has 1 unspecified atom stereocenters. The molecule has 2 aromatic rings. The Balaban J connectivity index is 1.52. The maximum absolute atomic E-state index is 4.73. The molecule has 2 fully saturated rings. The number of anilines is 1. The monoisotopic (exact) mass is 329 g/mol. The predicted molar refractivity (Wildman–Crippen MR) is 92.8 cm³/mol. The van der Waals surface area contributed by atoms with Crippen LogP contribution >= 0.6 is 11.3 Å². The maximum atomic E-state index is 4.73.